The number of aliphatic hydroxyl groups excluding tert-OH is 1. The van der Waals surface area contributed by atoms with E-state index in [9.17, 15) is 9.90 Å². The van der Waals surface area contributed by atoms with Gasteiger partial charge in [0.1, 0.15) is 18.0 Å². The van der Waals surface area contributed by atoms with E-state index < -0.39 is 12.1 Å². The Labute approximate surface area is 95.6 Å². The van der Waals surface area contributed by atoms with Crippen molar-refractivity contribution in [3.05, 3.63) is 23.5 Å². The van der Waals surface area contributed by atoms with E-state index in [2.05, 4.69) is 6.58 Å². The van der Waals surface area contributed by atoms with Crippen LogP contribution in [-0.2, 0) is 14.3 Å². The first-order chi connectivity index (χ1) is 7.47. The van der Waals surface area contributed by atoms with E-state index in [0.29, 0.717) is 24.4 Å². The maximum absolute atomic E-state index is 11.6. The summed E-state index contributed by atoms with van der Waals surface area (Å²) in [5.74, 6) is -0.103. The van der Waals surface area contributed by atoms with Crippen LogP contribution >= 0.6 is 0 Å². The summed E-state index contributed by atoms with van der Waals surface area (Å²) in [6.07, 6.45) is -0.609. The summed E-state index contributed by atoms with van der Waals surface area (Å²) in [4.78, 5) is 11.6. The van der Waals surface area contributed by atoms with Crippen LogP contribution in [0.15, 0.2) is 23.5 Å². The normalized spacial score (nSPS) is 21.6. The molecule has 4 nitrogen and oxygen atoms in total. The third kappa shape index (κ3) is 2.64. The Kier molecular flexibility index (Phi) is 4.12. The molecule has 0 bridgehead atoms. The number of carbonyl (C=O) groups excluding carboxylic acids is 1. The Hall–Kier alpha value is -1.29. The third-order valence-corrected chi connectivity index (χ3v) is 2.41. The van der Waals surface area contributed by atoms with Crippen LogP contribution in [0.2, 0.25) is 0 Å². The van der Waals surface area contributed by atoms with Gasteiger partial charge in [-0.25, -0.2) is 4.79 Å². The van der Waals surface area contributed by atoms with Crippen LogP contribution in [0.4, 0.5) is 0 Å². The average molecular weight is 226 g/mol. The molecule has 0 fully saturated rings. The lowest BCUT2D eigenvalue weighted by Gasteiger charge is -2.13. The molecule has 0 saturated heterocycles. The molecule has 16 heavy (non-hydrogen) atoms. The lowest BCUT2D eigenvalue weighted by atomic mass is 10.1. The molecular weight excluding hydrogens is 208 g/mol. The van der Waals surface area contributed by atoms with E-state index in [1.807, 2.05) is 6.92 Å². The lowest BCUT2D eigenvalue weighted by Crippen LogP contribution is -2.13. The third-order valence-electron chi connectivity index (χ3n) is 2.41. The van der Waals surface area contributed by atoms with E-state index in [0.717, 1.165) is 5.57 Å². The van der Waals surface area contributed by atoms with Gasteiger partial charge in [0.25, 0.3) is 0 Å². The zero-order valence-corrected chi connectivity index (χ0v) is 9.95. The van der Waals surface area contributed by atoms with Gasteiger partial charge in [0, 0.05) is 6.42 Å². The molecule has 1 heterocycles. The van der Waals surface area contributed by atoms with Gasteiger partial charge in [-0.2, -0.15) is 0 Å². The maximum Gasteiger partial charge on any atom is 0.337 e. The second-order valence-corrected chi connectivity index (χ2v) is 3.90. The van der Waals surface area contributed by atoms with Gasteiger partial charge in [0.05, 0.1) is 12.2 Å². The molecule has 90 valence electrons. The van der Waals surface area contributed by atoms with Crippen molar-refractivity contribution in [3.63, 3.8) is 0 Å². The first-order valence-corrected chi connectivity index (χ1v) is 5.37. The van der Waals surface area contributed by atoms with Crippen molar-refractivity contribution < 1.29 is 19.4 Å². The van der Waals surface area contributed by atoms with Gasteiger partial charge in [-0.05, 0) is 26.3 Å². The quantitative estimate of drug-likeness (QED) is 0.583. The number of hydrogen-bond acceptors (Lipinski definition) is 4. The van der Waals surface area contributed by atoms with Crippen LogP contribution in [-0.4, -0.2) is 29.9 Å². The predicted molar refractivity (Wildman–Crippen MR) is 59.6 cm³/mol. The van der Waals surface area contributed by atoms with Crippen molar-refractivity contribution in [2.24, 2.45) is 0 Å². The summed E-state index contributed by atoms with van der Waals surface area (Å²) in [6.45, 7) is 9.24. The first-order valence-electron chi connectivity index (χ1n) is 5.37. The van der Waals surface area contributed by atoms with Gasteiger partial charge in [-0.15, -0.1) is 0 Å². The standard InChI is InChI=1S/C12H18O4/c1-5-15-12(14)9-6-10(7(2)3)16-11(9)8(4)13/h8,10,13H,2,5-6H2,1,3-4H3. The van der Waals surface area contributed by atoms with E-state index >= 15 is 0 Å². The molecule has 0 radical (unpaired) electrons. The van der Waals surface area contributed by atoms with Crippen LogP contribution < -0.4 is 0 Å². The van der Waals surface area contributed by atoms with Crippen molar-refractivity contribution in [2.45, 2.75) is 39.4 Å². The van der Waals surface area contributed by atoms with E-state index in [-0.39, 0.29) is 6.10 Å². The molecule has 1 aliphatic rings. The number of carbonyl (C=O) groups is 1. The van der Waals surface area contributed by atoms with Crippen LogP contribution in [0.25, 0.3) is 0 Å². The topological polar surface area (TPSA) is 55.8 Å². The molecule has 2 unspecified atom stereocenters. The van der Waals surface area contributed by atoms with Gasteiger partial charge in [0.2, 0.25) is 0 Å². The molecule has 2 atom stereocenters. The Morgan fingerprint density at radius 1 is 1.75 bits per heavy atom. The fourth-order valence-electron chi connectivity index (χ4n) is 1.58. The molecule has 4 heteroatoms. The van der Waals surface area contributed by atoms with Crippen LogP contribution in [0.3, 0.4) is 0 Å². The van der Waals surface area contributed by atoms with Crippen molar-refractivity contribution in [3.8, 4) is 0 Å². The molecule has 1 rings (SSSR count). The maximum atomic E-state index is 11.6. The molecule has 0 amide bonds. The summed E-state index contributed by atoms with van der Waals surface area (Å²) in [6, 6.07) is 0. The monoisotopic (exact) mass is 226 g/mol. The van der Waals surface area contributed by atoms with Gasteiger partial charge >= 0.3 is 5.97 Å². The molecule has 1 N–H and O–H groups in total. The summed E-state index contributed by atoms with van der Waals surface area (Å²) >= 11 is 0. The number of rotatable bonds is 4. The summed E-state index contributed by atoms with van der Waals surface area (Å²) < 4.78 is 10.4. The van der Waals surface area contributed by atoms with Gasteiger partial charge in [-0.1, -0.05) is 6.58 Å². The Bertz CT molecular complexity index is 328. The Balaban J connectivity index is 2.87. The van der Waals surface area contributed by atoms with Gasteiger partial charge in [0.15, 0.2) is 0 Å². The minimum absolute atomic E-state index is 0.232. The van der Waals surface area contributed by atoms with Crippen LogP contribution in [0, 0.1) is 0 Å². The van der Waals surface area contributed by atoms with Gasteiger partial charge < -0.3 is 14.6 Å². The number of hydrogen-bond donors (Lipinski definition) is 1. The highest BCUT2D eigenvalue weighted by molar-refractivity contribution is 5.89. The van der Waals surface area contributed by atoms with Crippen molar-refractivity contribution in [1.29, 1.82) is 0 Å². The Morgan fingerprint density at radius 2 is 2.38 bits per heavy atom. The van der Waals surface area contributed by atoms with E-state index in [1.54, 1.807) is 13.8 Å². The van der Waals surface area contributed by atoms with Crippen LogP contribution in [0.1, 0.15) is 27.2 Å². The largest absolute Gasteiger partial charge is 0.487 e. The fourth-order valence-corrected chi connectivity index (χ4v) is 1.58. The second-order valence-electron chi connectivity index (χ2n) is 3.90. The zero-order chi connectivity index (χ0) is 12.3. The van der Waals surface area contributed by atoms with Gasteiger partial charge in [-0.3, -0.25) is 0 Å². The summed E-state index contributed by atoms with van der Waals surface area (Å²) in [5.41, 5.74) is 1.25. The molecular formula is C12H18O4. The van der Waals surface area contributed by atoms with Crippen molar-refractivity contribution in [1.82, 2.24) is 0 Å². The molecule has 0 saturated carbocycles. The molecule has 0 spiro atoms. The fraction of sp³-hybridized carbons (Fsp3) is 0.583. The number of ether oxygens (including phenoxy) is 2. The number of aliphatic hydroxyl groups is 1. The lowest BCUT2D eigenvalue weighted by molar-refractivity contribution is -0.138. The zero-order valence-electron chi connectivity index (χ0n) is 9.95. The molecule has 0 aliphatic carbocycles. The molecule has 0 aromatic heterocycles. The molecule has 1 aliphatic heterocycles. The predicted octanol–water partition coefficient (Wildman–Crippen LogP) is 1.55. The summed E-state index contributed by atoms with van der Waals surface area (Å²) in [7, 11) is 0. The highest BCUT2D eigenvalue weighted by atomic mass is 16.5. The smallest absolute Gasteiger partial charge is 0.337 e. The highest BCUT2D eigenvalue weighted by Gasteiger charge is 2.33. The second kappa shape index (κ2) is 5.16. The van der Waals surface area contributed by atoms with Crippen molar-refractivity contribution >= 4 is 5.97 Å². The minimum atomic E-state index is -0.802. The van der Waals surface area contributed by atoms with Crippen LogP contribution in [0.5, 0.6) is 0 Å². The SMILES string of the molecule is C=C(C)C1CC(C(=O)OCC)=C(C(C)O)O1. The Morgan fingerprint density at radius 3 is 2.81 bits per heavy atom. The van der Waals surface area contributed by atoms with Crippen molar-refractivity contribution in [2.75, 3.05) is 6.61 Å². The minimum Gasteiger partial charge on any atom is -0.487 e. The van der Waals surface area contributed by atoms with E-state index in [1.165, 1.54) is 0 Å². The average Bonchev–Trinajstić information content (AvgIpc) is 2.62. The highest BCUT2D eigenvalue weighted by Crippen LogP contribution is 2.31. The van der Waals surface area contributed by atoms with E-state index in [4.69, 9.17) is 9.47 Å². The first kappa shape index (κ1) is 12.8. The molecule has 0 aromatic rings. The number of esters is 1. The summed E-state index contributed by atoms with van der Waals surface area (Å²) in [5, 5.41) is 9.52. The molecule has 0 aromatic carbocycles.